The monoisotopic (exact) mass is 856 g/mol. The van der Waals surface area contributed by atoms with Gasteiger partial charge in [-0.05, 0) is 111 Å². The lowest BCUT2D eigenvalue weighted by Crippen LogP contribution is -2.26. The van der Waals surface area contributed by atoms with Crippen LogP contribution in [0.1, 0.15) is 54.2 Å². The van der Waals surface area contributed by atoms with Crippen LogP contribution < -0.4 is 4.90 Å². The van der Waals surface area contributed by atoms with Gasteiger partial charge in [-0.1, -0.05) is 202 Å². The molecule has 0 N–H and O–H groups in total. The van der Waals surface area contributed by atoms with E-state index in [1.165, 1.54) is 88.8 Å². The summed E-state index contributed by atoms with van der Waals surface area (Å²) in [5, 5.41) is 2.43. The number of hydrogen-bond donors (Lipinski definition) is 0. The molecule has 0 bridgehead atoms. The van der Waals surface area contributed by atoms with Crippen molar-refractivity contribution in [3.05, 3.63) is 264 Å². The second-order valence-electron chi connectivity index (χ2n) is 18.7. The van der Waals surface area contributed by atoms with Crippen LogP contribution in [0, 0.1) is 0 Å². The molecule has 13 rings (SSSR count). The highest BCUT2D eigenvalue weighted by Gasteiger charge is 2.52. The summed E-state index contributed by atoms with van der Waals surface area (Å²) in [6, 6.07) is 75.3. The van der Waals surface area contributed by atoms with Crippen LogP contribution in [0.25, 0.3) is 72.0 Å². The Hall–Kier alpha value is -8.20. The molecule has 1 spiro atoms. The first-order chi connectivity index (χ1) is 33.0. The third kappa shape index (κ3) is 5.21. The van der Waals surface area contributed by atoms with Crippen molar-refractivity contribution in [3.63, 3.8) is 0 Å². The molecule has 0 fully saturated rings. The second kappa shape index (κ2) is 14.7. The molecule has 0 unspecified atom stereocenters. The summed E-state index contributed by atoms with van der Waals surface area (Å²) in [5.41, 5.74) is 24.3. The van der Waals surface area contributed by atoms with E-state index in [9.17, 15) is 0 Å². The molecule has 0 amide bonds. The van der Waals surface area contributed by atoms with E-state index in [2.05, 4.69) is 255 Å². The molecule has 0 atom stereocenters. The minimum atomic E-state index is -0.482. The highest BCUT2D eigenvalue weighted by atomic mass is 15.2. The Morgan fingerprint density at radius 3 is 1.58 bits per heavy atom. The fraction of sp³-hybridized carbons (Fsp3) is 0.0769. The summed E-state index contributed by atoms with van der Waals surface area (Å²) < 4.78 is 2.39. The van der Waals surface area contributed by atoms with Crippen molar-refractivity contribution in [1.82, 2.24) is 4.57 Å². The zero-order valence-electron chi connectivity index (χ0n) is 38.0. The van der Waals surface area contributed by atoms with Crippen molar-refractivity contribution >= 4 is 44.6 Å². The second-order valence-corrected chi connectivity index (χ2v) is 18.7. The largest absolute Gasteiger partial charge is 0.309 e. The molecule has 3 aliphatic carbocycles. The SMILES string of the molecule is C=C/C=C(\C=C/C)n1c2ccccc2c2c(-c3ccccc3N(c3cccc4c3-c3ccccc3C4(C)C)c3cccc4c3-c3ccccc3C43c4ccccc4-c4ccccc43)cccc21. The van der Waals surface area contributed by atoms with E-state index >= 15 is 0 Å². The van der Waals surface area contributed by atoms with E-state index in [1.807, 2.05) is 6.08 Å². The molecule has 9 aromatic carbocycles. The molecule has 67 heavy (non-hydrogen) atoms. The summed E-state index contributed by atoms with van der Waals surface area (Å²) in [6.07, 6.45) is 8.26. The predicted molar refractivity (Wildman–Crippen MR) is 283 cm³/mol. The van der Waals surface area contributed by atoms with Gasteiger partial charge in [0.1, 0.15) is 0 Å². The summed E-state index contributed by atoms with van der Waals surface area (Å²) in [4.78, 5) is 2.62. The van der Waals surface area contributed by atoms with Gasteiger partial charge < -0.3 is 9.47 Å². The molecule has 10 aromatic rings. The normalized spacial score (nSPS) is 14.5. The molecule has 0 saturated carbocycles. The Balaban J connectivity index is 1.16. The first-order valence-electron chi connectivity index (χ1n) is 23.5. The lowest BCUT2D eigenvalue weighted by molar-refractivity contribution is 0.660. The van der Waals surface area contributed by atoms with Crippen LogP contribution in [-0.4, -0.2) is 4.57 Å². The van der Waals surface area contributed by atoms with E-state index in [1.54, 1.807) is 0 Å². The van der Waals surface area contributed by atoms with Gasteiger partial charge >= 0.3 is 0 Å². The average molecular weight is 857 g/mol. The zero-order valence-corrected chi connectivity index (χ0v) is 38.0. The van der Waals surface area contributed by atoms with Gasteiger partial charge in [-0.3, -0.25) is 0 Å². The number of allylic oxidation sites excluding steroid dienone is 5. The first kappa shape index (κ1) is 39.2. The van der Waals surface area contributed by atoms with Gasteiger partial charge in [0.15, 0.2) is 0 Å². The summed E-state index contributed by atoms with van der Waals surface area (Å²) in [7, 11) is 0. The highest BCUT2D eigenvalue weighted by molar-refractivity contribution is 6.18. The van der Waals surface area contributed by atoms with Crippen LogP contribution in [0.4, 0.5) is 17.1 Å². The van der Waals surface area contributed by atoms with Crippen molar-refractivity contribution in [3.8, 4) is 44.5 Å². The van der Waals surface area contributed by atoms with Gasteiger partial charge in [0.25, 0.3) is 0 Å². The molecule has 2 heteroatoms. The molecule has 1 heterocycles. The lowest BCUT2D eigenvalue weighted by Gasteiger charge is -2.33. The van der Waals surface area contributed by atoms with E-state index < -0.39 is 5.41 Å². The molecule has 2 nitrogen and oxygen atoms in total. The quantitative estimate of drug-likeness (QED) is 0.145. The van der Waals surface area contributed by atoms with Gasteiger partial charge in [0, 0.05) is 38.6 Å². The van der Waals surface area contributed by atoms with Crippen molar-refractivity contribution in [2.45, 2.75) is 31.6 Å². The van der Waals surface area contributed by atoms with Gasteiger partial charge in [-0.2, -0.15) is 0 Å². The van der Waals surface area contributed by atoms with Crippen LogP contribution in [-0.2, 0) is 10.8 Å². The number of anilines is 3. The Labute approximate surface area is 392 Å². The first-order valence-corrected chi connectivity index (χ1v) is 23.5. The summed E-state index contributed by atoms with van der Waals surface area (Å²) in [6.45, 7) is 11.0. The summed E-state index contributed by atoms with van der Waals surface area (Å²) >= 11 is 0. The molecule has 318 valence electrons. The lowest BCUT2D eigenvalue weighted by atomic mass is 9.70. The minimum Gasteiger partial charge on any atom is -0.309 e. The predicted octanol–water partition coefficient (Wildman–Crippen LogP) is 17.2. The number of benzene rings is 9. The van der Waals surface area contributed by atoms with E-state index in [4.69, 9.17) is 0 Å². The summed E-state index contributed by atoms with van der Waals surface area (Å²) in [5.74, 6) is 0. The maximum Gasteiger partial charge on any atom is 0.0726 e. The van der Waals surface area contributed by atoms with Gasteiger partial charge in [-0.25, -0.2) is 0 Å². The van der Waals surface area contributed by atoms with Gasteiger partial charge in [0.05, 0.1) is 33.5 Å². The Bertz CT molecular complexity index is 3730. The van der Waals surface area contributed by atoms with Crippen molar-refractivity contribution in [2.75, 3.05) is 4.90 Å². The third-order valence-corrected chi connectivity index (χ3v) is 15.1. The topological polar surface area (TPSA) is 8.17 Å². The van der Waals surface area contributed by atoms with Gasteiger partial charge in [0.2, 0.25) is 0 Å². The van der Waals surface area contributed by atoms with E-state index in [0.717, 1.165) is 33.7 Å². The highest BCUT2D eigenvalue weighted by Crippen LogP contribution is 2.65. The van der Waals surface area contributed by atoms with Gasteiger partial charge in [-0.15, -0.1) is 0 Å². The van der Waals surface area contributed by atoms with Crippen molar-refractivity contribution in [1.29, 1.82) is 0 Å². The maximum atomic E-state index is 4.11. The number of fused-ring (bicyclic) bond motifs is 16. The number of hydrogen-bond acceptors (Lipinski definition) is 1. The molecular weight excluding hydrogens is 809 g/mol. The molecule has 0 radical (unpaired) electrons. The van der Waals surface area contributed by atoms with Crippen LogP contribution in [0.2, 0.25) is 0 Å². The van der Waals surface area contributed by atoms with E-state index in [-0.39, 0.29) is 5.41 Å². The fourth-order valence-corrected chi connectivity index (χ4v) is 12.5. The Morgan fingerprint density at radius 1 is 0.448 bits per heavy atom. The Kier molecular flexibility index (Phi) is 8.57. The number of para-hydroxylation sites is 2. The Morgan fingerprint density at radius 2 is 0.910 bits per heavy atom. The van der Waals surface area contributed by atoms with Crippen LogP contribution >= 0.6 is 0 Å². The van der Waals surface area contributed by atoms with Crippen LogP contribution in [0.5, 0.6) is 0 Å². The average Bonchev–Trinajstić information content (AvgIpc) is 4.05. The maximum absolute atomic E-state index is 4.11. The van der Waals surface area contributed by atoms with E-state index in [0.29, 0.717) is 0 Å². The van der Waals surface area contributed by atoms with Crippen molar-refractivity contribution < 1.29 is 0 Å². The van der Waals surface area contributed by atoms with Crippen molar-refractivity contribution in [2.24, 2.45) is 0 Å². The standard InChI is InChI=1S/C65H48N2/c1-5-22-42(23-6-2)66-57-38-18-12-29-49(57)61-46(30-19-39-58(61)66)45-26-11-17-37-56(45)67(59-40-20-35-54-62(59)47-27-9-13-31-50(47)64(54,3)4)60-41-21-36-55-63(60)48-28-10-16-34-53(48)65(55)51-32-14-7-24-43(51)44-25-8-15-33-52(44)65/h5-41H,1H2,2-4H3/b23-6-,42-22+. The molecule has 3 aliphatic rings. The number of aromatic nitrogens is 1. The number of nitrogens with zero attached hydrogens (tertiary/aromatic N) is 2. The third-order valence-electron chi connectivity index (χ3n) is 15.1. The van der Waals surface area contributed by atoms with Crippen LogP contribution in [0.3, 0.4) is 0 Å². The fourth-order valence-electron chi connectivity index (χ4n) is 12.5. The molecule has 0 saturated heterocycles. The van der Waals surface area contributed by atoms with Crippen LogP contribution in [0.15, 0.2) is 231 Å². The number of rotatable bonds is 7. The smallest absolute Gasteiger partial charge is 0.0726 e. The molecule has 0 aliphatic heterocycles. The molecular formula is C65H48N2. The molecule has 1 aromatic heterocycles. The zero-order chi connectivity index (χ0) is 45.0. The minimum absolute atomic E-state index is 0.184.